The molecule has 0 aliphatic carbocycles. The Bertz CT molecular complexity index is 647. The molecule has 0 bridgehead atoms. The normalized spacial score (nSPS) is 10.0. The fourth-order valence-corrected chi connectivity index (χ4v) is 1.89. The standard InChI is InChI=1S/C16H15ClN2O3/c17-14-8-4-7-13(9-14)16(21)18-10-15(20)19-22-11-12-5-2-1-3-6-12/h1-9H,10-11H2,(H,18,21)(H,19,20). The van der Waals surface area contributed by atoms with Crippen LogP contribution in [0.4, 0.5) is 0 Å². The average Bonchev–Trinajstić information content (AvgIpc) is 2.53. The summed E-state index contributed by atoms with van der Waals surface area (Å²) in [7, 11) is 0. The molecule has 6 heteroatoms. The molecule has 0 saturated heterocycles. The number of hydroxylamine groups is 1. The van der Waals surface area contributed by atoms with Crippen LogP contribution in [0.3, 0.4) is 0 Å². The van der Waals surface area contributed by atoms with Gasteiger partial charge in [-0.25, -0.2) is 5.48 Å². The summed E-state index contributed by atoms with van der Waals surface area (Å²) < 4.78 is 0. The lowest BCUT2D eigenvalue weighted by Gasteiger charge is -2.07. The maximum absolute atomic E-state index is 11.8. The molecule has 2 aromatic rings. The van der Waals surface area contributed by atoms with Gasteiger partial charge >= 0.3 is 0 Å². The smallest absolute Gasteiger partial charge is 0.262 e. The van der Waals surface area contributed by atoms with Gasteiger partial charge < -0.3 is 5.32 Å². The second-order valence-electron chi connectivity index (χ2n) is 4.49. The zero-order chi connectivity index (χ0) is 15.8. The van der Waals surface area contributed by atoms with Gasteiger partial charge in [-0.1, -0.05) is 48.0 Å². The molecule has 0 fully saturated rings. The minimum atomic E-state index is -0.439. The highest BCUT2D eigenvalue weighted by atomic mass is 35.5. The highest BCUT2D eigenvalue weighted by Gasteiger charge is 2.08. The summed E-state index contributed by atoms with van der Waals surface area (Å²) in [5.41, 5.74) is 3.60. The van der Waals surface area contributed by atoms with E-state index in [1.165, 1.54) is 6.07 Å². The predicted molar refractivity (Wildman–Crippen MR) is 83.2 cm³/mol. The van der Waals surface area contributed by atoms with E-state index in [1.807, 2.05) is 30.3 Å². The van der Waals surface area contributed by atoms with E-state index in [-0.39, 0.29) is 19.1 Å². The Kier molecular flexibility index (Phi) is 5.94. The number of carbonyl (C=O) groups is 2. The van der Waals surface area contributed by atoms with Crippen LogP contribution in [0.15, 0.2) is 54.6 Å². The van der Waals surface area contributed by atoms with Crippen molar-refractivity contribution < 1.29 is 14.4 Å². The van der Waals surface area contributed by atoms with E-state index in [0.29, 0.717) is 10.6 Å². The summed E-state index contributed by atoms with van der Waals surface area (Å²) in [4.78, 5) is 28.4. The zero-order valence-corrected chi connectivity index (χ0v) is 12.5. The molecule has 0 aliphatic rings. The van der Waals surface area contributed by atoms with E-state index in [0.717, 1.165) is 5.56 Å². The Morgan fingerprint density at radius 3 is 2.55 bits per heavy atom. The van der Waals surface area contributed by atoms with Gasteiger partial charge in [0.2, 0.25) is 0 Å². The molecule has 0 heterocycles. The van der Waals surface area contributed by atoms with E-state index < -0.39 is 5.91 Å². The minimum absolute atomic E-state index is 0.180. The second kappa shape index (κ2) is 8.17. The summed E-state index contributed by atoms with van der Waals surface area (Å²) in [5.74, 6) is -0.813. The fourth-order valence-electron chi connectivity index (χ4n) is 1.70. The molecule has 0 spiro atoms. The van der Waals surface area contributed by atoms with Crippen LogP contribution in [0.1, 0.15) is 15.9 Å². The Morgan fingerprint density at radius 2 is 1.82 bits per heavy atom. The number of nitrogens with one attached hydrogen (secondary N) is 2. The van der Waals surface area contributed by atoms with Crippen molar-refractivity contribution in [3.05, 3.63) is 70.7 Å². The lowest BCUT2D eigenvalue weighted by atomic mass is 10.2. The molecule has 0 saturated carbocycles. The number of carbonyl (C=O) groups excluding carboxylic acids is 2. The molecular weight excluding hydrogens is 304 g/mol. The first kappa shape index (κ1) is 16.0. The summed E-state index contributed by atoms with van der Waals surface area (Å²) in [6, 6.07) is 15.9. The Morgan fingerprint density at radius 1 is 1.05 bits per heavy atom. The predicted octanol–water partition coefficient (Wildman–Crippen LogP) is 2.32. The van der Waals surface area contributed by atoms with E-state index in [9.17, 15) is 9.59 Å². The summed E-state index contributed by atoms with van der Waals surface area (Å²) in [6.07, 6.45) is 0. The molecule has 0 radical (unpaired) electrons. The maximum Gasteiger partial charge on any atom is 0.262 e. The monoisotopic (exact) mass is 318 g/mol. The number of hydrogen-bond acceptors (Lipinski definition) is 3. The van der Waals surface area contributed by atoms with Gasteiger partial charge in [0.1, 0.15) is 0 Å². The van der Waals surface area contributed by atoms with E-state index in [4.69, 9.17) is 16.4 Å². The van der Waals surface area contributed by atoms with Crippen molar-refractivity contribution in [2.45, 2.75) is 6.61 Å². The molecular formula is C16H15ClN2O3. The average molecular weight is 319 g/mol. The lowest BCUT2D eigenvalue weighted by molar-refractivity contribution is -0.133. The van der Waals surface area contributed by atoms with E-state index in [2.05, 4.69) is 10.8 Å². The van der Waals surface area contributed by atoms with Crippen LogP contribution in [-0.4, -0.2) is 18.4 Å². The molecule has 0 atom stereocenters. The van der Waals surface area contributed by atoms with Crippen molar-refractivity contribution in [2.75, 3.05) is 6.54 Å². The van der Waals surface area contributed by atoms with Gasteiger partial charge in [0.25, 0.3) is 11.8 Å². The number of halogens is 1. The van der Waals surface area contributed by atoms with Gasteiger partial charge in [0.15, 0.2) is 0 Å². The highest BCUT2D eigenvalue weighted by Crippen LogP contribution is 2.10. The zero-order valence-electron chi connectivity index (χ0n) is 11.7. The van der Waals surface area contributed by atoms with Crippen molar-refractivity contribution in [2.24, 2.45) is 0 Å². The quantitative estimate of drug-likeness (QED) is 0.803. The molecule has 2 amide bonds. The van der Waals surface area contributed by atoms with Crippen LogP contribution in [0.5, 0.6) is 0 Å². The van der Waals surface area contributed by atoms with Gasteiger partial charge in [0, 0.05) is 10.6 Å². The van der Waals surface area contributed by atoms with Gasteiger partial charge in [-0.15, -0.1) is 0 Å². The molecule has 0 aliphatic heterocycles. The second-order valence-corrected chi connectivity index (χ2v) is 4.93. The van der Waals surface area contributed by atoms with Crippen LogP contribution in [0, 0.1) is 0 Å². The van der Waals surface area contributed by atoms with Crippen molar-refractivity contribution >= 4 is 23.4 Å². The SMILES string of the molecule is O=C(CNC(=O)c1cccc(Cl)c1)NOCc1ccccc1. The van der Waals surface area contributed by atoms with Crippen molar-refractivity contribution in [3.8, 4) is 0 Å². The Hall–Kier alpha value is -2.37. The van der Waals surface area contributed by atoms with Crippen molar-refractivity contribution in [1.29, 1.82) is 0 Å². The topological polar surface area (TPSA) is 67.4 Å². The van der Waals surface area contributed by atoms with Crippen LogP contribution < -0.4 is 10.8 Å². The third kappa shape index (κ3) is 5.20. The molecule has 2 rings (SSSR count). The third-order valence-electron chi connectivity index (χ3n) is 2.76. The van der Waals surface area contributed by atoms with Crippen molar-refractivity contribution in [3.63, 3.8) is 0 Å². The number of hydrogen-bond donors (Lipinski definition) is 2. The lowest BCUT2D eigenvalue weighted by Crippen LogP contribution is -2.36. The van der Waals surface area contributed by atoms with Crippen LogP contribution >= 0.6 is 11.6 Å². The van der Waals surface area contributed by atoms with E-state index >= 15 is 0 Å². The molecule has 0 aromatic heterocycles. The molecule has 2 aromatic carbocycles. The number of benzene rings is 2. The number of amides is 2. The summed E-state index contributed by atoms with van der Waals surface area (Å²) in [5, 5.41) is 2.95. The Labute approximate surface area is 133 Å². The molecule has 2 N–H and O–H groups in total. The molecule has 114 valence electrons. The van der Waals surface area contributed by atoms with Crippen LogP contribution in [0.25, 0.3) is 0 Å². The molecule has 22 heavy (non-hydrogen) atoms. The van der Waals surface area contributed by atoms with Crippen LogP contribution in [0.2, 0.25) is 5.02 Å². The van der Waals surface area contributed by atoms with Gasteiger partial charge in [-0.2, -0.15) is 0 Å². The third-order valence-corrected chi connectivity index (χ3v) is 3.00. The first-order valence-corrected chi connectivity index (χ1v) is 7.01. The fraction of sp³-hybridized carbons (Fsp3) is 0.125. The van der Waals surface area contributed by atoms with E-state index in [1.54, 1.807) is 18.2 Å². The largest absolute Gasteiger partial charge is 0.343 e. The first-order valence-electron chi connectivity index (χ1n) is 6.63. The summed E-state index contributed by atoms with van der Waals surface area (Å²) >= 11 is 5.80. The highest BCUT2D eigenvalue weighted by molar-refractivity contribution is 6.30. The van der Waals surface area contributed by atoms with Crippen LogP contribution in [-0.2, 0) is 16.2 Å². The van der Waals surface area contributed by atoms with Crippen molar-refractivity contribution in [1.82, 2.24) is 10.8 Å². The van der Waals surface area contributed by atoms with Gasteiger partial charge in [-0.3, -0.25) is 14.4 Å². The minimum Gasteiger partial charge on any atom is -0.343 e. The number of rotatable bonds is 6. The van der Waals surface area contributed by atoms with Gasteiger partial charge in [-0.05, 0) is 23.8 Å². The first-order chi connectivity index (χ1) is 10.6. The molecule has 5 nitrogen and oxygen atoms in total. The maximum atomic E-state index is 11.8. The molecule has 0 unspecified atom stereocenters. The summed E-state index contributed by atoms with van der Waals surface area (Å²) in [6.45, 7) is 0.0783. The Balaban J connectivity index is 1.70. The van der Waals surface area contributed by atoms with Gasteiger partial charge in [0.05, 0.1) is 13.2 Å².